The minimum absolute atomic E-state index is 0.222. The van der Waals surface area contributed by atoms with Gasteiger partial charge in [-0.3, -0.25) is 19.1 Å². The van der Waals surface area contributed by atoms with Gasteiger partial charge in [-0.1, -0.05) is 55.8 Å². The molecule has 0 unspecified atom stereocenters. The Balaban J connectivity index is 1.26. The van der Waals surface area contributed by atoms with Crippen LogP contribution in [0.25, 0.3) is 16.8 Å². The van der Waals surface area contributed by atoms with Gasteiger partial charge in [0.25, 0.3) is 5.91 Å². The summed E-state index contributed by atoms with van der Waals surface area (Å²) < 4.78 is 7.78. The second-order valence-electron chi connectivity index (χ2n) is 11.1. The molecule has 0 aliphatic carbocycles. The molecule has 4 heterocycles. The molecule has 1 N–H and O–H groups in total. The number of benzene rings is 2. The van der Waals surface area contributed by atoms with Gasteiger partial charge in [-0.15, -0.1) is 0 Å². The number of fused-ring (bicyclic) bond motifs is 1. The van der Waals surface area contributed by atoms with E-state index in [9.17, 15) is 9.59 Å². The summed E-state index contributed by atoms with van der Waals surface area (Å²) in [5, 5.41) is 2.91. The number of carbonyl (C=O) groups excluding carboxylic acids is 2. The summed E-state index contributed by atoms with van der Waals surface area (Å²) in [6.45, 7) is 4.90. The summed E-state index contributed by atoms with van der Waals surface area (Å²) >= 11 is 0. The van der Waals surface area contributed by atoms with Gasteiger partial charge in [0.15, 0.2) is 0 Å². The van der Waals surface area contributed by atoms with Gasteiger partial charge in [-0.25, -0.2) is 14.8 Å². The third-order valence-electron chi connectivity index (χ3n) is 8.03. The van der Waals surface area contributed by atoms with Crippen molar-refractivity contribution in [2.24, 2.45) is 0 Å². The number of hydrogen-bond acceptors (Lipinski definition) is 6. The van der Waals surface area contributed by atoms with E-state index < -0.39 is 0 Å². The van der Waals surface area contributed by atoms with Crippen LogP contribution in [-0.4, -0.2) is 42.8 Å². The number of amides is 2. The highest BCUT2D eigenvalue weighted by molar-refractivity contribution is 6.04. The van der Waals surface area contributed by atoms with E-state index in [1.165, 1.54) is 0 Å². The lowest BCUT2D eigenvalue weighted by molar-refractivity contribution is 0.0657. The molecule has 9 nitrogen and oxygen atoms in total. The number of imidazole rings is 1. The van der Waals surface area contributed by atoms with Gasteiger partial charge in [0.2, 0.25) is 0 Å². The van der Waals surface area contributed by atoms with Crippen molar-refractivity contribution in [3.63, 3.8) is 0 Å². The molecular formula is C35H36N6O3. The van der Waals surface area contributed by atoms with Gasteiger partial charge < -0.3 is 10.1 Å². The van der Waals surface area contributed by atoms with Crippen LogP contribution in [0.2, 0.25) is 0 Å². The molecule has 0 saturated carbocycles. The molecule has 0 spiro atoms. The molecular weight excluding hydrogens is 552 g/mol. The Hall–Kier alpha value is -5.05. The molecule has 9 heteroatoms. The van der Waals surface area contributed by atoms with Crippen LogP contribution in [0.15, 0.2) is 85.3 Å². The molecule has 1 aliphatic heterocycles. The summed E-state index contributed by atoms with van der Waals surface area (Å²) in [5.74, 6) is 1.09. The van der Waals surface area contributed by atoms with Crippen molar-refractivity contribution in [1.29, 1.82) is 0 Å². The predicted octanol–water partition coefficient (Wildman–Crippen LogP) is 7.17. The summed E-state index contributed by atoms with van der Waals surface area (Å²) in [6.07, 6.45) is 9.68. The zero-order valence-electron chi connectivity index (χ0n) is 25.1. The van der Waals surface area contributed by atoms with Gasteiger partial charge >= 0.3 is 6.09 Å². The molecule has 1 atom stereocenters. The summed E-state index contributed by atoms with van der Waals surface area (Å²) in [4.78, 5) is 42.1. The molecule has 5 aromatic rings. The van der Waals surface area contributed by atoms with Gasteiger partial charge in [0.1, 0.15) is 18.2 Å². The van der Waals surface area contributed by atoms with E-state index in [1.807, 2.05) is 72.1 Å². The van der Waals surface area contributed by atoms with Gasteiger partial charge in [0, 0.05) is 36.3 Å². The van der Waals surface area contributed by atoms with Crippen molar-refractivity contribution >= 4 is 23.3 Å². The lowest BCUT2D eigenvalue weighted by atomic mass is 10.0. The fourth-order valence-electron chi connectivity index (χ4n) is 5.83. The minimum atomic E-state index is -0.340. The second kappa shape index (κ2) is 13.1. The van der Waals surface area contributed by atoms with Crippen molar-refractivity contribution in [3.8, 4) is 11.3 Å². The van der Waals surface area contributed by atoms with Gasteiger partial charge in [0.05, 0.1) is 22.9 Å². The van der Waals surface area contributed by atoms with Crippen LogP contribution in [0.3, 0.4) is 0 Å². The Kier molecular flexibility index (Phi) is 8.63. The average molecular weight is 589 g/mol. The molecule has 6 rings (SSSR count). The van der Waals surface area contributed by atoms with Crippen LogP contribution >= 0.6 is 0 Å². The van der Waals surface area contributed by atoms with Crippen molar-refractivity contribution in [2.75, 3.05) is 11.9 Å². The summed E-state index contributed by atoms with van der Waals surface area (Å²) in [5.41, 5.74) is 5.93. The maximum absolute atomic E-state index is 13.3. The number of piperidine rings is 1. The highest BCUT2D eigenvalue weighted by atomic mass is 16.6. The second-order valence-corrected chi connectivity index (χ2v) is 11.1. The quantitative estimate of drug-likeness (QED) is 0.206. The van der Waals surface area contributed by atoms with E-state index in [0.717, 1.165) is 71.5 Å². The third kappa shape index (κ3) is 6.17. The first-order valence-corrected chi connectivity index (χ1v) is 15.2. The molecule has 224 valence electrons. The molecule has 0 bridgehead atoms. The zero-order valence-corrected chi connectivity index (χ0v) is 25.1. The Bertz CT molecular complexity index is 1770. The lowest BCUT2D eigenvalue weighted by Crippen LogP contribution is -2.39. The first kappa shape index (κ1) is 29.0. The summed E-state index contributed by atoms with van der Waals surface area (Å²) in [7, 11) is 0. The first-order valence-electron chi connectivity index (χ1n) is 15.2. The number of anilines is 1. The molecule has 1 saturated heterocycles. The maximum atomic E-state index is 13.3. The number of likely N-dealkylation sites (tertiary alicyclic amines) is 1. The van der Waals surface area contributed by atoms with Crippen LogP contribution in [0.5, 0.6) is 0 Å². The molecule has 2 amide bonds. The van der Waals surface area contributed by atoms with Gasteiger partial charge in [-0.05, 0) is 68.0 Å². The Morgan fingerprint density at radius 2 is 1.80 bits per heavy atom. The first-order chi connectivity index (χ1) is 21.5. The SMILES string of the molecule is CCCc1ccnc(NC(=O)c2ccc(-c3nc([C@@H]4CCCCN4C(=O)OCc4ccccc4)n4ccnc(C)c34)cc2)c1. The fraction of sp³-hybridized carbons (Fsp3) is 0.286. The van der Waals surface area contributed by atoms with Crippen molar-refractivity contribution in [1.82, 2.24) is 24.3 Å². The smallest absolute Gasteiger partial charge is 0.410 e. The largest absolute Gasteiger partial charge is 0.445 e. The number of carbonyl (C=O) groups is 2. The van der Waals surface area contributed by atoms with Crippen LogP contribution in [0.1, 0.15) is 71.7 Å². The predicted molar refractivity (Wildman–Crippen MR) is 169 cm³/mol. The van der Waals surface area contributed by atoms with Crippen LogP contribution < -0.4 is 5.32 Å². The van der Waals surface area contributed by atoms with E-state index in [1.54, 1.807) is 29.4 Å². The number of nitrogens with zero attached hydrogens (tertiary/aromatic N) is 5. The highest BCUT2D eigenvalue weighted by Crippen LogP contribution is 2.35. The van der Waals surface area contributed by atoms with Crippen molar-refractivity contribution < 1.29 is 14.3 Å². The van der Waals surface area contributed by atoms with E-state index >= 15 is 0 Å². The van der Waals surface area contributed by atoms with E-state index in [2.05, 4.69) is 22.2 Å². The normalized spacial score (nSPS) is 14.9. The monoisotopic (exact) mass is 588 g/mol. The Morgan fingerprint density at radius 1 is 0.977 bits per heavy atom. The topological polar surface area (TPSA) is 102 Å². The number of aromatic nitrogens is 4. The van der Waals surface area contributed by atoms with E-state index in [0.29, 0.717) is 17.9 Å². The third-order valence-corrected chi connectivity index (χ3v) is 8.03. The number of hydrogen-bond donors (Lipinski definition) is 1. The average Bonchev–Trinajstić information content (AvgIpc) is 3.45. The molecule has 0 radical (unpaired) electrons. The van der Waals surface area contributed by atoms with Crippen molar-refractivity contribution in [3.05, 3.63) is 114 Å². The number of pyridine rings is 1. The Labute approximate surface area is 256 Å². The number of rotatable bonds is 8. The molecule has 44 heavy (non-hydrogen) atoms. The van der Waals surface area contributed by atoms with Crippen LogP contribution in [0, 0.1) is 6.92 Å². The standard InChI is InChI=1S/C35H36N6O3/c1-3-9-25-17-18-37-30(22-25)38-34(42)28-15-13-27(14-16-28)31-32-24(2)36-19-21-41(32)33(39-31)29-12-7-8-20-40(29)35(43)44-23-26-10-5-4-6-11-26/h4-6,10-11,13-19,21-22,29H,3,7-9,12,20,23H2,1-2H3,(H,37,38,42)/t29-/m0/s1. The van der Waals surface area contributed by atoms with Crippen molar-refractivity contribution in [2.45, 2.75) is 58.6 Å². The lowest BCUT2D eigenvalue weighted by Gasteiger charge is -2.34. The van der Waals surface area contributed by atoms with E-state index in [-0.39, 0.29) is 24.6 Å². The van der Waals surface area contributed by atoms with Crippen LogP contribution in [0.4, 0.5) is 10.6 Å². The highest BCUT2D eigenvalue weighted by Gasteiger charge is 2.33. The molecule has 2 aromatic carbocycles. The zero-order chi connectivity index (χ0) is 30.5. The van der Waals surface area contributed by atoms with Crippen LogP contribution in [-0.2, 0) is 17.8 Å². The minimum Gasteiger partial charge on any atom is -0.445 e. The molecule has 3 aromatic heterocycles. The Morgan fingerprint density at radius 3 is 2.59 bits per heavy atom. The maximum Gasteiger partial charge on any atom is 0.410 e. The molecule has 1 aliphatic rings. The van der Waals surface area contributed by atoms with E-state index in [4.69, 9.17) is 9.72 Å². The number of ether oxygens (including phenoxy) is 1. The molecule has 1 fully saturated rings. The van der Waals surface area contributed by atoms with Gasteiger partial charge in [-0.2, -0.15) is 0 Å². The summed E-state index contributed by atoms with van der Waals surface area (Å²) in [6, 6.07) is 20.7. The number of nitrogens with one attached hydrogen (secondary N) is 1. The number of aryl methyl sites for hydroxylation is 2. The fourth-order valence-corrected chi connectivity index (χ4v) is 5.83.